The van der Waals surface area contributed by atoms with Crippen LogP contribution in [-0.2, 0) is 14.8 Å². The summed E-state index contributed by atoms with van der Waals surface area (Å²) in [6, 6.07) is 2.06. The molecular formula is C15H24N2O3S3. The van der Waals surface area contributed by atoms with Gasteiger partial charge in [-0.05, 0) is 37.3 Å². The molecule has 2 heterocycles. The van der Waals surface area contributed by atoms with Crippen molar-refractivity contribution in [3.8, 4) is 0 Å². The van der Waals surface area contributed by atoms with Gasteiger partial charge in [0.1, 0.15) is 5.37 Å². The van der Waals surface area contributed by atoms with Crippen LogP contribution in [0.2, 0.25) is 0 Å². The molecule has 0 spiro atoms. The molecule has 1 fully saturated rings. The summed E-state index contributed by atoms with van der Waals surface area (Å²) < 4.78 is 25.5. The summed E-state index contributed by atoms with van der Waals surface area (Å²) in [7, 11) is -1.63. The second-order valence-electron chi connectivity index (χ2n) is 5.77. The molecule has 0 aromatic carbocycles. The molecular weight excluding hydrogens is 352 g/mol. The van der Waals surface area contributed by atoms with Gasteiger partial charge in [-0.3, -0.25) is 4.79 Å². The Morgan fingerprint density at radius 3 is 2.65 bits per heavy atom. The Morgan fingerprint density at radius 2 is 2.09 bits per heavy atom. The van der Waals surface area contributed by atoms with Gasteiger partial charge < -0.3 is 4.90 Å². The number of carbonyl (C=O) groups is 1. The highest BCUT2D eigenvalue weighted by Crippen LogP contribution is 2.45. The van der Waals surface area contributed by atoms with Crippen molar-refractivity contribution in [3.63, 3.8) is 0 Å². The molecule has 1 saturated heterocycles. The fourth-order valence-corrected chi connectivity index (χ4v) is 6.29. The van der Waals surface area contributed by atoms with Crippen molar-refractivity contribution in [2.75, 3.05) is 25.9 Å². The molecule has 5 nitrogen and oxygen atoms in total. The number of thioether (sulfide) groups is 1. The summed E-state index contributed by atoms with van der Waals surface area (Å²) in [5.41, 5.74) is 1.19. The van der Waals surface area contributed by atoms with E-state index >= 15 is 0 Å². The summed E-state index contributed by atoms with van der Waals surface area (Å²) in [6.07, 6.45) is 0.596. The highest BCUT2D eigenvalue weighted by atomic mass is 32.2. The first-order chi connectivity index (χ1) is 10.8. The quantitative estimate of drug-likeness (QED) is 0.734. The van der Waals surface area contributed by atoms with Gasteiger partial charge in [-0.25, -0.2) is 12.7 Å². The maximum atomic E-state index is 12.5. The summed E-state index contributed by atoms with van der Waals surface area (Å²) >= 11 is 3.30. The zero-order valence-corrected chi connectivity index (χ0v) is 16.4. The first-order valence-corrected chi connectivity index (χ1v) is 11.1. The van der Waals surface area contributed by atoms with Crippen LogP contribution in [0.4, 0.5) is 0 Å². The average molecular weight is 377 g/mol. The third-order valence-electron chi connectivity index (χ3n) is 3.97. The first-order valence-electron chi connectivity index (χ1n) is 7.72. The van der Waals surface area contributed by atoms with Gasteiger partial charge in [-0.1, -0.05) is 6.92 Å². The Balaban J connectivity index is 2.10. The zero-order chi connectivity index (χ0) is 17.2. The molecule has 2 rings (SSSR count). The minimum Gasteiger partial charge on any atom is -0.323 e. The normalized spacial score (nSPS) is 22.3. The van der Waals surface area contributed by atoms with Crippen molar-refractivity contribution < 1.29 is 13.2 Å². The standard InChI is InChI=1S/C15H24N2O3S3/c1-5-10-23(19,20)16(4)7-8-17-14(18)12(3)22-15(17)13-11(2)6-9-21-13/h6,9,12,15H,5,7-8,10H2,1-4H3/t12-,15-/m1/s1. The number of hydrogen-bond acceptors (Lipinski definition) is 5. The van der Waals surface area contributed by atoms with Crippen LogP contribution >= 0.6 is 23.1 Å². The summed E-state index contributed by atoms with van der Waals surface area (Å²) in [4.78, 5) is 15.5. The molecule has 0 radical (unpaired) electrons. The number of amides is 1. The van der Waals surface area contributed by atoms with E-state index in [-0.39, 0.29) is 22.3 Å². The zero-order valence-electron chi connectivity index (χ0n) is 14.0. The molecule has 23 heavy (non-hydrogen) atoms. The molecule has 2 atom stereocenters. The Hall–Kier alpha value is -0.570. The van der Waals surface area contributed by atoms with Gasteiger partial charge in [0.25, 0.3) is 0 Å². The topological polar surface area (TPSA) is 57.7 Å². The molecule has 0 aliphatic carbocycles. The van der Waals surface area contributed by atoms with Crippen LogP contribution in [0.15, 0.2) is 11.4 Å². The minimum absolute atomic E-state index is 0.000204. The molecule has 1 aromatic heterocycles. The first kappa shape index (κ1) is 18.8. The van der Waals surface area contributed by atoms with Gasteiger partial charge in [0.15, 0.2) is 0 Å². The van der Waals surface area contributed by atoms with Gasteiger partial charge in [0.05, 0.1) is 11.0 Å². The van der Waals surface area contributed by atoms with E-state index in [0.717, 1.165) is 0 Å². The van der Waals surface area contributed by atoms with Gasteiger partial charge in [-0.2, -0.15) is 0 Å². The lowest BCUT2D eigenvalue weighted by atomic mass is 10.2. The summed E-state index contributed by atoms with van der Waals surface area (Å²) in [5.74, 6) is 0.241. The van der Waals surface area contributed by atoms with E-state index in [1.807, 2.05) is 24.1 Å². The van der Waals surface area contributed by atoms with Crippen LogP contribution in [0.5, 0.6) is 0 Å². The average Bonchev–Trinajstić information content (AvgIpc) is 3.01. The lowest BCUT2D eigenvalue weighted by Crippen LogP contribution is -2.39. The number of carbonyl (C=O) groups excluding carboxylic acids is 1. The Kier molecular flexibility index (Phi) is 6.16. The Morgan fingerprint density at radius 1 is 1.39 bits per heavy atom. The smallest absolute Gasteiger partial charge is 0.236 e. The lowest BCUT2D eigenvalue weighted by Gasteiger charge is -2.26. The summed E-state index contributed by atoms with van der Waals surface area (Å²) in [5, 5.41) is 1.95. The second kappa shape index (κ2) is 7.55. The molecule has 1 aromatic rings. The number of sulfonamides is 1. The molecule has 0 saturated carbocycles. The molecule has 130 valence electrons. The van der Waals surface area contributed by atoms with Crippen LogP contribution < -0.4 is 0 Å². The van der Waals surface area contributed by atoms with E-state index in [1.165, 1.54) is 14.7 Å². The largest absolute Gasteiger partial charge is 0.323 e. The van der Waals surface area contributed by atoms with Crippen molar-refractivity contribution in [2.45, 2.75) is 37.8 Å². The lowest BCUT2D eigenvalue weighted by molar-refractivity contribution is -0.129. The van der Waals surface area contributed by atoms with Crippen molar-refractivity contribution >= 4 is 39.0 Å². The molecule has 1 amide bonds. The van der Waals surface area contributed by atoms with Crippen LogP contribution in [0.25, 0.3) is 0 Å². The number of rotatable bonds is 7. The molecule has 8 heteroatoms. The van der Waals surface area contributed by atoms with Crippen LogP contribution in [0.1, 0.15) is 36.1 Å². The van der Waals surface area contributed by atoms with E-state index < -0.39 is 10.0 Å². The number of likely N-dealkylation sites (N-methyl/N-ethyl adjacent to an activating group) is 1. The summed E-state index contributed by atoms with van der Waals surface area (Å²) in [6.45, 7) is 6.58. The SMILES string of the molecule is CCCS(=O)(=O)N(C)CCN1C(=O)[C@@H](C)S[C@@H]1c1sccc1C. The Bertz CT molecular complexity index is 657. The van der Waals surface area contributed by atoms with Crippen molar-refractivity contribution in [1.82, 2.24) is 9.21 Å². The van der Waals surface area contributed by atoms with E-state index in [1.54, 1.807) is 30.1 Å². The maximum Gasteiger partial charge on any atom is 0.236 e. The van der Waals surface area contributed by atoms with Gasteiger partial charge in [0.2, 0.25) is 15.9 Å². The van der Waals surface area contributed by atoms with E-state index in [0.29, 0.717) is 19.5 Å². The maximum absolute atomic E-state index is 12.5. The van der Waals surface area contributed by atoms with Crippen LogP contribution in [-0.4, -0.2) is 54.7 Å². The Labute approximate surface area is 147 Å². The minimum atomic E-state index is -3.22. The third-order valence-corrected chi connectivity index (χ3v) is 8.60. The van der Waals surface area contributed by atoms with Gasteiger partial charge >= 0.3 is 0 Å². The molecule has 1 aliphatic heterocycles. The fourth-order valence-electron chi connectivity index (χ4n) is 2.54. The number of thiophene rings is 1. The predicted octanol–water partition coefficient (Wildman–Crippen LogP) is 2.69. The van der Waals surface area contributed by atoms with Crippen molar-refractivity contribution in [1.29, 1.82) is 0 Å². The molecule has 0 N–H and O–H groups in total. The van der Waals surface area contributed by atoms with Crippen molar-refractivity contribution in [2.24, 2.45) is 0 Å². The molecule has 0 unspecified atom stereocenters. The van der Waals surface area contributed by atoms with Gasteiger partial charge in [0, 0.05) is 25.0 Å². The fraction of sp³-hybridized carbons (Fsp3) is 0.667. The van der Waals surface area contributed by atoms with E-state index in [9.17, 15) is 13.2 Å². The highest BCUT2D eigenvalue weighted by Gasteiger charge is 2.39. The van der Waals surface area contributed by atoms with Gasteiger partial charge in [-0.15, -0.1) is 23.1 Å². The van der Waals surface area contributed by atoms with Crippen molar-refractivity contribution in [3.05, 3.63) is 21.9 Å². The molecule has 0 bridgehead atoms. The number of aryl methyl sites for hydroxylation is 1. The van der Waals surface area contributed by atoms with Crippen LogP contribution in [0.3, 0.4) is 0 Å². The highest BCUT2D eigenvalue weighted by molar-refractivity contribution is 8.01. The van der Waals surface area contributed by atoms with E-state index in [2.05, 4.69) is 13.0 Å². The second-order valence-corrected chi connectivity index (χ2v) is 10.3. The number of nitrogens with zero attached hydrogens (tertiary/aromatic N) is 2. The monoisotopic (exact) mass is 376 g/mol. The van der Waals surface area contributed by atoms with E-state index in [4.69, 9.17) is 0 Å². The van der Waals surface area contributed by atoms with Crippen LogP contribution in [0, 0.1) is 6.92 Å². The predicted molar refractivity (Wildman–Crippen MR) is 97.3 cm³/mol. The molecule has 1 aliphatic rings. The number of hydrogen-bond donors (Lipinski definition) is 0. The third kappa shape index (κ3) is 4.10.